The predicted molar refractivity (Wildman–Crippen MR) is 101 cm³/mol. The molecule has 1 N–H and O–H groups in total. The number of fused-ring (bicyclic) bond motifs is 1. The molecule has 2 aromatic carbocycles. The van der Waals surface area contributed by atoms with Crippen LogP contribution < -0.4 is 20.2 Å². The molecule has 0 fully saturated rings. The molecular weight excluding hydrogens is 332 g/mol. The molecule has 134 valence electrons. The molecule has 0 unspecified atom stereocenters. The highest BCUT2D eigenvalue weighted by Crippen LogP contribution is 2.20. The summed E-state index contributed by atoms with van der Waals surface area (Å²) in [4.78, 5) is 25.5. The van der Waals surface area contributed by atoms with Crippen molar-refractivity contribution < 1.29 is 14.3 Å². The van der Waals surface area contributed by atoms with Crippen molar-refractivity contribution in [3.8, 4) is 11.5 Å². The lowest BCUT2D eigenvalue weighted by Gasteiger charge is -2.11. The van der Waals surface area contributed by atoms with Crippen LogP contribution in [0.25, 0.3) is 10.9 Å². The molecule has 0 aliphatic heterocycles. The molecule has 3 rings (SSSR count). The SMILES string of the molecule is CCOc1ccc2c(c1)c(=O)c(C(=O)Nc1cccc(OC)c1)cn2C. The van der Waals surface area contributed by atoms with Gasteiger partial charge < -0.3 is 19.4 Å². The summed E-state index contributed by atoms with van der Waals surface area (Å²) in [5, 5.41) is 3.18. The van der Waals surface area contributed by atoms with Gasteiger partial charge in [-0.1, -0.05) is 6.07 Å². The van der Waals surface area contributed by atoms with Gasteiger partial charge in [-0.05, 0) is 37.3 Å². The summed E-state index contributed by atoms with van der Waals surface area (Å²) in [6, 6.07) is 12.3. The summed E-state index contributed by atoms with van der Waals surface area (Å²) in [6.07, 6.45) is 1.54. The molecule has 0 atom stereocenters. The first-order chi connectivity index (χ1) is 12.5. The molecule has 0 saturated carbocycles. The van der Waals surface area contributed by atoms with Gasteiger partial charge in [-0.25, -0.2) is 0 Å². The highest BCUT2D eigenvalue weighted by Gasteiger charge is 2.15. The van der Waals surface area contributed by atoms with E-state index in [1.807, 2.05) is 13.0 Å². The monoisotopic (exact) mass is 352 g/mol. The van der Waals surface area contributed by atoms with E-state index in [0.29, 0.717) is 29.2 Å². The summed E-state index contributed by atoms with van der Waals surface area (Å²) in [5.41, 5.74) is 1.02. The lowest BCUT2D eigenvalue weighted by atomic mass is 10.1. The van der Waals surface area contributed by atoms with Crippen LogP contribution in [0.4, 0.5) is 5.69 Å². The van der Waals surface area contributed by atoms with Gasteiger partial charge >= 0.3 is 0 Å². The van der Waals surface area contributed by atoms with Crippen LogP contribution in [0.15, 0.2) is 53.5 Å². The fraction of sp³-hybridized carbons (Fsp3) is 0.200. The third-order valence-corrected chi connectivity index (χ3v) is 4.04. The number of nitrogens with zero attached hydrogens (tertiary/aromatic N) is 1. The third kappa shape index (κ3) is 3.39. The average Bonchev–Trinajstić information content (AvgIpc) is 2.65. The van der Waals surface area contributed by atoms with Crippen molar-refractivity contribution in [1.82, 2.24) is 4.57 Å². The fourth-order valence-corrected chi connectivity index (χ4v) is 2.79. The number of amides is 1. The van der Waals surface area contributed by atoms with Crippen LogP contribution in [0, 0.1) is 0 Å². The predicted octanol–water partition coefficient (Wildman–Crippen LogP) is 3.20. The first kappa shape index (κ1) is 17.5. The first-order valence-corrected chi connectivity index (χ1v) is 8.25. The van der Waals surface area contributed by atoms with Gasteiger partial charge in [-0.2, -0.15) is 0 Å². The Hall–Kier alpha value is -3.28. The molecule has 0 bridgehead atoms. The van der Waals surface area contributed by atoms with E-state index in [0.717, 1.165) is 5.52 Å². The van der Waals surface area contributed by atoms with Crippen molar-refractivity contribution in [3.05, 3.63) is 64.4 Å². The average molecular weight is 352 g/mol. The number of carbonyl (C=O) groups is 1. The van der Waals surface area contributed by atoms with Crippen LogP contribution in [0.1, 0.15) is 17.3 Å². The first-order valence-electron chi connectivity index (χ1n) is 8.25. The number of carbonyl (C=O) groups excluding carboxylic acids is 1. The van der Waals surface area contributed by atoms with Crippen LogP contribution in [-0.4, -0.2) is 24.2 Å². The maximum Gasteiger partial charge on any atom is 0.261 e. The second-order valence-corrected chi connectivity index (χ2v) is 5.78. The zero-order chi connectivity index (χ0) is 18.7. The van der Waals surface area contributed by atoms with Crippen LogP contribution in [0.3, 0.4) is 0 Å². The molecule has 0 saturated heterocycles. The molecule has 6 heteroatoms. The number of hydrogen-bond acceptors (Lipinski definition) is 4. The van der Waals surface area contributed by atoms with Gasteiger partial charge in [0.05, 0.1) is 24.6 Å². The van der Waals surface area contributed by atoms with Gasteiger partial charge in [0, 0.05) is 25.0 Å². The zero-order valence-corrected chi connectivity index (χ0v) is 14.9. The Labute approximate surface area is 151 Å². The molecule has 6 nitrogen and oxygen atoms in total. The van der Waals surface area contributed by atoms with Crippen LogP contribution in [0.5, 0.6) is 11.5 Å². The minimum Gasteiger partial charge on any atom is -0.497 e. The van der Waals surface area contributed by atoms with Crippen LogP contribution in [-0.2, 0) is 7.05 Å². The summed E-state index contributed by atoms with van der Waals surface area (Å²) in [5.74, 6) is 0.751. The lowest BCUT2D eigenvalue weighted by molar-refractivity contribution is 0.102. The van der Waals surface area contributed by atoms with Crippen LogP contribution in [0.2, 0.25) is 0 Å². The van der Waals surface area contributed by atoms with Gasteiger partial charge in [0.1, 0.15) is 17.1 Å². The number of ether oxygens (including phenoxy) is 2. The number of aryl methyl sites for hydroxylation is 1. The van der Waals surface area contributed by atoms with Crippen molar-refractivity contribution in [2.24, 2.45) is 7.05 Å². The lowest BCUT2D eigenvalue weighted by Crippen LogP contribution is -2.23. The van der Waals surface area contributed by atoms with Crippen molar-refractivity contribution in [3.63, 3.8) is 0 Å². The normalized spacial score (nSPS) is 10.6. The third-order valence-electron chi connectivity index (χ3n) is 4.04. The fourth-order valence-electron chi connectivity index (χ4n) is 2.79. The smallest absolute Gasteiger partial charge is 0.261 e. The van der Waals surface area contributed by atoms with E-state index in [1.165, 1.54) is 0 Å². The number of rotatable bonds is 5. The van der Waals surface area contributed by atoms with E-state index >= 15 is 0 Å². The highest BCUT2D eigenvalue weighted by atomic mass is 16.5. The number of benzene rings is 2. The van der Waals surface area contributed by atoms with E-state index in [-0.39, 0.29) is 11.0 Å². The Morgan fingerprint density at radius 2 is 1.96 bits per heavy atom. The van der Waals surface area contributed by atoms with Gasteiger partial charge in [0.25, 0.3) is 5.91 Å². The second-order valence-electron chi connectivity index (χ2n) is 5.78. The van der Waals surface area contributed by atoms with E-state index < -0.39 is 5.91 Å². The molecule has 1 heterocycles. The summed E-state index contributed by atoms with van der Waals surface area (Å²) in [7, 11) is 3.35. The maximum atomic E-state index is 12.8. The number of nitrogens with one attached hydrogen (secondary N) is 1. The minimum atomic E-state index is -0.470. The molecule has 0 aliphatic carbocycles. The molecule has 0 aliphatic rings. The van der Waals surface area contributed by atoms with E-state index in [4.69, 9.17) is 9.47 Å². The number of pyridine rings is 1. The zero-order valence-electron chi connectivity index (χ0n) is 14.9. The Bertz CT molecular complexity index is 1020. The summed E-state index contributed by atoms with van der Waals surface area (Å²) >= 11 is 0. The molecule has 0 spiro atoms. The Balaban J connectivity index is 2.02. The molecule has 26 heavy (non-hydrogen) atoms. The molecule has 1 amide bonds. The molecular formula is C20H20N2O4. The van der Waals surface area contributed by atoms with E-state index in [1.54, 1.807) is 61.3 Å². The Morgan fingerprint density at radius 3 is 2.69 bits per heavy atom. The van der Waals surface area contributed by atoms with Crippen LogP contribution >= 0.6 is 0 Å². The Kier molecular flexibility index (Phi) is 4.93. The number of hydrogen-bond donors (Lipinski definition) is 1. The van der Waals surface area contributed by atoms with Crippen molar-refractivity contribution >= 4 is 22.5 Å². The number of anilines is 1. The topological polar surface area (TPSA) is 69.6 Å². The van der Waals surface area contributed by atoms with E-state index in [9.17, 15) is 9.59 Å². The minimum absolute atomic E-state index is 0.0662. The van der Waals surface area contributed by atoms with Gasteiger partial charge in [-0.3, -0.25) is 9.59 Å². The molecule has 0 radical (unpaired) electrons. The summed E-state index contributed by atoms with van der Waals surface area (Å²) < 4.78 is 12.4. The molecule has 1 aromatic heterocycles. The molecule has 3 aromatic rings. The quantitative estimate of drug-likeness (QED) is 0.766. The second kappa shape index (κ2) is 7.31. The van der Waals surface area contributed by atoms with Gasteiger partial charge in [0.2, 0.25) is 5.43 Å². The maximum absolute atomic E-state index is 12.8. The standard InChI is InChI=1S/C20H20N2O4/c1-4-26-15-8-9-18-16(11-15)19(23)17(12-22(18)2)20(24)21-13-6-5-7-14(10-13)25-3/h5-12H,4H2,1-3H3,(H,21,24). The van der Waals surface area contributed by atoms with Crippen molar-refractivity contribution in [1.29, 1.82) is 0 Å². The summed E-state index contributed by atoms with van der Waals surface area (Å²) in [6.45, 7) is 2.38. The number of methoxy groups -OCH3 is 1. The van der Waals surface area contributed by atoms with Crippen molar-refractivity contribution in [2.75, 3.05) is 19.0 Å². The Morgan fingerprint density at radius 1 is 1.15 bits per heavy atom. The van der Waals surface area contributed by atoms with E-state index in [2.05, 4.69) is 5.32 Å². The van der Waals surface area contributed by atoms with Crippen molar-refractivity contribution in [2.45, 2.75) is 6.92 Å². The largest absolute Gasteiger partial charge is 0.497 e. The van der Waals surface area contributed by atoms with Gasteiger partial charge in [-0.15, -0.1) is 0 Å². The highest BCUT2D eigenvalue weighted by molar-refractivity contribution is 6.05. The van der Waals surface area contributed by atoms with Gasteiger partial charge in [0.15, 0.2) is 0 Å². The number of aromatic nitrogens is 1.